The molecule has 2 aliphatic heterocycles. The van der Waals surface area contributed by atoms with Gasteiger partial charge in [-0.1, -0.05) is 18.2 Å². The average Bonchev–Trinajstić information content (AvgIpc) is 3.06. The molecule has 0 aliphatic carbocycles. The molecule has 1 saturated heterocycles. The summed E-state index contributed by atoms with van der Waals surface area (Å²) in [6.45, 7) is 3.14. The third-order valence-corrected chi connectivity index (χ3v) is 4.25. The van der Waals surface area contributed by atoms with Gasteiger partial charge in [0.05, 0.1) is 13.2 Å². The summed E-state index contributed by atoms with van der Waals surface area (Å²) >= 11 is 0. The van der Waals surface area contributed by atoms with Gasteiger partial charge in [0.25, 0.3) is 0 Å². The monoisotopic (exact) mass is 312 g/mol. The lowest BCUT2D eigenvalue weighted by atomic mass is 10.1. The van der Waals surface area contributed by atoms with Gasteiger partial charge in [-0.15, -0.1) is 0 Å². The molecule has 2 aromatic rings. The largest absolute Gasteiger partial charge is 0.399 e. The van der Waals surface area contributed by atoms with Gasteiger partial charge in [-0.3, -0.25) is 9.88 Å². The standard InChI is InChI=1S/C16H20N6O/c17-13-4-2-1-3-12(13)11-14-19-16(21-7-9-23-10-8-21)20-15-18-5-6-22(14)15/h1-6,14H,7-11,17H2,(H,18,19,20). The number of hydrogen-bond acceptors (Lipinski definition) is 6. The van der Waals surface area contributed by atoms with E-state index in [1.807, 2.05) is 24.4 Å². The first kappa shape index (κ1) is 14.1. The van der Waals surface area contributed by atoms with E-state index >= 15 is 0 Å². The number of nitrogen functional groups attached to an aromatic ring is 1. The highest BCUT2D eigenvalue weighted by molar-refractivity contribution is 5.93. The van der Waals surface area contributed by atoms with Crippen LogP contribution in [0, 0.1) is 0 Å². The lowest BCUT2D eigenvalue weighted by molar-refractivity contribution is 0.0675. The Hall–Kier alpha value is -2.54. The number of benzene rings is 1. The quantitative estimate of drug-likeness (QED) is 0.818. The highest BCUT2D eigenvalue weighted by atomic mass is 16.5. The number of aliphatic imine (C=N–C) groups is 1. The van der Waals surface area contributed by atoms with Gasteiger partial charge in [0.15, 0.2) is 0 Å². The molecular formula is C16H20N6O. The molecule has 7 heteroatoms. The average molecular weight is 312 g/mol. The van der Waals surface area contributed by atoms with Crippen molar-refractivity contribution in [2.45, 2.75) is 12.6 Å². The molecule has 0 amide bonds. The Morgan fingerprint density at radius 3 is 2.91 bits per heavy atom. The fraction of sp³-hybridized carbons (Fsp3) is 0.375. The van der Waals surface area contributed by atoms with Gasteiger partial charge in [-0.2, -0.15) is 0 Å². The SMILES string of the molecule is Nc1ccccc1CC1N=C(N2CCOCC2)Nc2nccn21. The Kier molecular flexibility index (Phi) is 3.63. The highest BCUT2D eigenvalue weighted by Gasteiger charge is 2.25. The van der Waals surface area contributed by atoms with Crippen LogP contribution < -0.4 is 11.1 Å². The van der Waals surface area contributed by atoms with E-state index in [0.717, 1.165) is 55.9 Å². The van der Waals surface area contributed by atoms with Crippen molar-refractivity contribution in [2.24, 2.45) is 4.99 Å². The van der Waals surface area contributed by atoms with Crippen LogP contribution in [0.25, 0.3) is 0 Å². The van der Waals surface area contributed by atoms with Gasteiger partial charge in [-0.05, 0) is 11.6 Å². The summed E-state index contributed by atoms with van der Waals surface area (Å²) in [7, 11) is 0. The normalized spacial score (nSPS) is 20.6. The number of guanidine groups is 1. The third-order valence-electron chi connectivity index (χ3n) is 4.25. The van der Waals surface area contributed by atoms with Crippen molar-refractivity contribution >= 4 is 17.6 Å². The lowest BCUT2D eigenvalue weighted by Crippen LogP contribution is -2.46. The molecule has 1 unspecified atom stereocenters. The first-order chi connectivity index (χ1) is 11.3. The Bertz CT molecular complexity index is 719. The number of aromatic nitrogens is 2. The van der Waals surface area contributed by atoms with Crippen LogP contribution in [0.15, 0.2) is 41.7 Å². The number of nitrogens with one attached hydrogen (secondary N) is 1. The maximum atomic E-state index is 6.09. The Balaban J connectivity index is 1.63. The third kappa shape index (κ3) is 2.75. The molecule has 1 aromatic heterocycles. The number of anilines is 2. The molecule has 0 bridgehead atoms. The molecule has 120 valence electrons. The summed E-state index contributed by atoms with van der Waals surface area (Å²) < 4.78 is 7.47. The first-order valence-corrected chi connectivity index (χ1v) is 7.85. The van der Waals surface area contributed by atoms with Crippen molar-refractivity contribution in [3.05, 3.63) is 42.2 Å². The summed E-state index contributed by atoms with van der Waals surface area (Å²) in [5, 5.41) is 3.32. The van der Waals surface area contributed by atoms with E-state index < -0.39 is 0 Å². The zero-order valence-corrected chi connectivity index (χ0v) is 12.9. The van der Waals surface area contributed by atoms with Gasteiger partial charge in [0, 0.05) is 37.6 Å². The molecule has 4 rings (SSSR count). The van der Waals surface area contributed by atoms with Gasteiger partial charge in [0.1, 0.15) is 6.17 Å². The number of hydrogen-bond donors (Lipinski definition) is 2. The number of morpholine rings is 1. The fourth-order valence-electron chi connectivity index (χ4n) is 2.98. The zero-order valence-electron chi connectivity index (χ0n) is 12.9. The summed E-state index contributed by atoms with van der Waals surface area (Å²) in [6.07, 6.45) is 4.44. The van der Waals surface area contributed by atoms with Crippen LogP contribution in [0.4, 0.5) is 11.6 Å². The van der Waals surface area contributed by atoms with Crippen LogP contribution in [0.5, 0.6) is 0 Å². The minimum absolute atomic E-state index is 0.0451. The molecule has 1 aromatic carbocycles. The van der Waals surface area contributed by atoms with Crippen molar-refractivity contribution in [3.8, 4) is 0 Å². The number of imidazole rings is 1. The van der Waals surface area contributed by atoms with Crippen LogP contribution in [-0.4, -0.2) is 46.7 Å². The second-order valence-electron chi connectivity index (χ2n) is 5.72. The summed E-state index contributed by atoms with van der Waals surface area (Å²) in [4.78, 5) is 11.5. The van der Waals surface area contributed by atoms with E-state index in [9.17, 15) is 0 Å². The molecular weight excluding hydrogens is 292 g/mol. The van der Waals surface area contributed by atoms with E-state index in [1.54, 1.807) is 6.20 Å². The van der Waals surface area contributed by atoms with Crippen molar-refractivity contribution in [1.29, 1.82) is 0 Å². The molecule has 3 N–H and O–H groups in total. The molecule has 2 aliphatic rings. The minimum Gasteiger partial charge on any atom is -0.399 e. The predicted molar refractivity (Wildman–Crippen MR) is 89.3 cm³/mol. The van der Waals surface area contributed by atoms with Crippen LogP contribution in [-0.2, 0) is 11.2 Å². The van der Waals surface area contributed by atoms with Crippen LogP contribution in [0.3, 0.4) is 0 Å². The first-order valence-electron chi connectivity index (χ1n) is 7.85. The summed E-state index contributed by atoms with van der Waals surface area (Å²) in [5.41, 5.74) is 8.00. The van der Waals surface area contributed by atoms with Crippen LogP contribution in [0.1, 0.15) is 11.7 Å². The Labute approximate surface area is 134 Å². The number of fused-ring (bicyclic) bond motifs is 1. The van der Waals surface area contributed by atoms with Crippen LogP contribution in [0.2, 0.25) is 0 Å². The van der Waals surface area contributed by atoms with Crippen molar-refractivity contribution in [3.63, 3.8) is 0 Å². The van der Waals surface area contributed by atoms with Gasteiger partial charge in [0.2, 0.25) is 11.9 Å². The zero-order chi connectivity index (χ0) is 15.6. The minimum atomic E-state index is -0.0451. The molecule has 0 spiro atoms. The molecule has 7 nitrogen and oxygen atoms in total. The number of ether oxygens (including phenoxy) is 1. The second kappa shape index (κ2) is 5.92. The highest BCUT2D eigenvalue weighted by Crippen LogP contribution is 2.27. The predicted octanol–water partition coefficient (Wildman–Crippen LogP) is 1.32. The number of nitrogens with zero attached hydrogens (tertiary/aromatic N) is 4. The van der Waals surface area contributed by atoms with Crippen molar-refractivity contribution in [1.82, 2.24) is 14.5 Å². The number of nitrogens with two attached hydrogens (primary N) is 1. The van der Waals surface area contributed by atoms with E-state index in [2.05, 4.69) is 25.8 Å². The Morgan fingerprint density at radius 1 is 1.26 bits per heavy atom. The Morgan fingerprint density at radius 2 is 2.09 bits per heavy atom. The topological polar surface area (TPSA) is 80.7 Å². The smallest absolute Gasteiger partial charge is 0.211 e. The molecule has 0 radical (unpaired) electrons. The van der Waals surface area contributed by atoms with E-state index in [-0.39, 0.29) is 6.17 Å². The maximum Gasteiger partial charge on any atom is 0.211 e. The fourth-order valence-corrected chi connectivity index (χ4v) is 2.98. The molecule has 23 heavy (non-hydrogen) atoms. The number of rotatable bonds is 2. The molecule has 0 saturated carbocycles. The van der Waals surface area contributed by atoms with Crippen molar-refractivity contribution in [2.75, 3.05) is 37.4 Å². The van der Waals surface area contributed by atoms with Crippen molar-refractivity contribution < 1.29 is 4.74 Å². The summed E-state index contributed by atoms with van der Waals surface area (Å²) in [6, 6.07) is 7.94. The molecule has 1 atom stereocenters. The maximum absolute atomic E-state index is 6.09. The molecule has 1 fully saturated rings. The molecule has 3 heterocycles. The van der Waals surface area contributed by atoms with E-state index in [4.69, 9.17) is 15.5 Å². The summed E-state index contributed by atoms with van der Waals surface area (Å²) in [5.74, 6) is 1.69. The second-order valence-corrected chi connectivity index (χ2v) is 5.72. The van der Waals surface area contributed by atoms with E-state index in [0.29, 0.717) is 0 Å². The van der Waals surface area contributed by atoms with Gasteiger partial charge >= 0.3 is 0 Å². The van der Waals surface area contributed by atoms with E-state index in [1.165, 1.54) is 0 Å². The lowest BCUT2D eigenvalue weighted by Gasteiger charge is -2.34. The van der Waals surface area contributed by atoms with Gasteiger partial charge < -0.3 is 15.4 Å². The van der Waals surface area contributed by atoms with Crippen LogP contribution >= 0.6 is 0 Å². The van der Waals surface area contributed by atoms with Gasteiger partial charge in [-0.25, -0.2) is 9.98 Å². The number of para-hydroxylation sites is 1.